The average molecular weight is 170 g/mol. The van der Waals surface area contributed by atoms with Crippen molar-refractivity contribution in [3.8, 4) is 0 Å². The van der Waals surface area contributed by atoms with E-state index in [-0.39, 0.29) is 0 Å². The zero-order chi connectivity index (χ0) is 8.23. The van der Waals surface area contributed by atoms with Crippen molar-refractivity contribution in [2.75, 3.05) is 26.2 Å². The van der Waals surface area contributed by atoms with Crippen LogP contribution in [0.2, 0.25) is 0 Å². The zero-order valence-electron chi connectivity index (χ0n) is 7.51. The maximum Gasteiger partial charge on any atom is 0.0824 e. The summed E-state index contributed by atoms with van der Waals surface area (Å²) in [6, 6.07) is 0.788. The third kappa shape index (κ3) is 2.19. The number of hydrogen-bond acceptors (Lipinski definition) is 3. The zero-order valence-corrected chi connectivity index (χ0v) is 7.51. The van der Waals surface area contributed by atoms with Gasteiger partial charge in [-0.1, -0.05) is 6.42 Å². The summed E-state index contributed by atoms with van der Waals surface area (Å²) >= 11 is 0. The van der Waals surface area contributed by atoms with Gasteiger partial charge in [-0.05, 0) is 12.8 Å². The third-order valence-electron chi connectivity index (χ3n) is 2.74. The predicted molar refractivity (Wildman–Crippen MR) is 48.3 cm³/mol. The van der Waals surface area contributed by atoms with E-state index in [9.17, 15) is 0 Å². The molecule has 3 heteroatoms. The molecule has 0 spiro atoms. The van der Waals surface area contributed by atoms with Crippen molar-refractivity contribution in [1.82, 2.24) is 10.6 Å². The fourth-order valence-corrected chi connectivity index (χ4v) is 1.66. The largest absolute Gasteiger partial charge is 0.374 e. The van der Waals surface area contributed by atoms with Crippen LogP contribution in [0.5, 0.6) is 0 Å². The Balaban J connectivity index is 1.58. The summed E-state index contributed by atoms with van der Waals surface area (Å²) in [6.07, 6.45) is 4.53. The fourth-order valence-electron chi connectivity index (χ4n) is 1.66. The SMILES string of the molecule is C1CC(NC[C@H]2CNCCO2)C1. The molecule has 12 heavy (non-hydrogen) atoms. The van der Waals surface area contributed by atoms with Crippen LogP contribution in [-0.2, 0) is 4.74 Å². The van der Waals surface area contributed by atoms with Crippen LogP contribution in [0.25, 0.3) is 0 Å². The molecule has 0 radical (unpaired) electrons. The van der Waals surface area contributed by atoms with E-state index in [1.165, 1.54) is 19.3 Å². The molecule has 2 N–H and O–H groups in total. The standard InChI is InChI=1S/C9H18N2O/c1-2-8(3-1)11-7-9-6-10-4-5-12-9/h8-11H,1-7H2/t9-/m1/s1. The first-order chi connectivity index (χ1) is 5.95. The molecule has 2 fully saturated rings. The molecule has 0 amide bonds. The highest BCUT2D eigenvalue weighted by molar-refractivity contribution is 4.79. The minimum absolute atomic E-state index is 0.402. The van der Waals surface area contributed by atoms with Crippen LogP contribution in [0.15, 0.2) is 0 Å². The number of nitrogens with one attached hydrogen (secondary N) is 2. The van der Waals surface area contributed by atoms with Crippen molar-refractivity contribution in [1.29, 1.82) is 0 Å². The van der Waals surface area contributed by atoms with Crippen LogP contribution < -0.4 is 10.6 Å². The van der Waals surface area contributed by atoms with Gasteiger partial charge in [0.15, 0.2) is 0 Å². The Morgan fingerprint density at radius 3 is 2.92 bits per heavy atom. The molecule has 0 aromatic carbocycles. The highest BCUT2D eigenvalue weighted by Crippen LogP contribution is 2.17. The molecule has 1 aliphatic heterocycles. The van der Waals surface area contributed by atoms with E-state index in [4.69, 9.17) is 4.74 Å². The molecule has 70 valence electrons. The molecule has 0 unspecified atom stereocenters. The van der Waals surface area contributed by atoms with Gasteiger partial charge in [-0.3, -0.25) is 0 Å². The molecular weight excluding hydrogens is 152 g/mol. The second kappa shape index (κ2) is 4.21. The molecule has 2 aliphatic rings. The van der Waals surface area contributed by atoms with Crippen LogP contribution in [0.4, 0.5) is 0 Å². The third-order valence-corrected chi connectivity index (χ3v) is 2.74. The summed E-state index contributed by atoms with van der Waals surface area (Å²) < 4.78 is 5.57. The van der Waals surface area contributed by atoms with Crippen molar-refractivity contribution in [2.24, 2.45) is 0 Å². The lowest BCUT2D eigenvalue weighted by molar-refractivity contribution is 0.0258. The summed E-state index contributed by atoms with van der Waals surface area (Å²) in [5.74, 6) is 0. The number of hydrogen-bond donors (Lipinski definition) is 2. The minimum Gasteiger partial charge on any atom is -0.374 e. The lowest BCUT2D eigenvalue weighted by Crippen LogP contribution is -2.47. The monoisotopic (exact) mass is 170 g/mol. The average Bonchev–Trinajstić information content (AvgIpc) is 2.04. The second-order valence-electron chi connectivity index (χ2n) is 3.73. The van der Waals surface area contributed by atoms with Crippen molar-refractivity contribution in [3.63, 3.8) is 0 Å². The van der Waals surface area contributed by atoms with Crippen LogP contribution in [-0.4, -0.2) is 38.4 Å². The van der Waals surface area contributed by atoms with E-state index in [2.05, 4.69) is 10.6 Å². The Morgan fingerprint density at radius 2 is 2.33 bits per heavy atom. The second-order valence-corrected chi connectivity index (χ2v) is 3.73. The summed E-state index contributed by atoms with van der Waals surface area (Å²) in [5.41, 5.74) is 0. The Hall–Kier alpha value is -0.120. The molecule has 1 saturated carbocycles. The van der Waals surface area contributed by atoms with E-state index in [0.717, 1.165) is 32.3 Å². The van der Waals surface area contributed by atoms with Crippen LogP contribution in [0.3, 0.4) is 0 Å². The molecule has 2 rings (SSSR count). The lowest BCUT2D eigenvalue weighted by atomic mass is 9.93. The van der Waals surface area contributed by atoms with Gasteiger partial charge in [-0.25, -0.2) is 0 Å². The quantitative estimate of drug-likeness (QED) is 0.631. The van der Waals surface area contributed by atoms with Gasteiger partial charge in [0.05, 0.1) is 12.7 Å². The minimum atomic E-state index is 0.402. The van der Waals surface area contributed by atoms with Gasteiger partial charge in [0.2, 0.25) is 0 Å². The first-order valence-electron chi connectivity index (χ1n) is 5.01. The van der Waals surface area contributed by atoms with Gasteiger partial charge in [0.1, 0.15) is 0 Å². The summed E-state index contributed by atoms with van der Waals surface area (Å²) in [6.45, 7) is 3.92. The molecule has 1 saturated heterocycles. The smallest absolute Gasteiger partial charge is 0.0824 e. The topological polar surface area (TPSA) is 33.3 Å². The first-order valence-corrected chi connectivity index (χ1v) is 5.01. The predicted octanol–water partition coefficient (Wildman–Crippen LogP) is 0.117. The number of morpholine rings is 1. The van der Waals surface area contributed by atoms with Crippen LogP contribution >= 0.6 is 0 Å². The Labute approximate surface area is 73.9 Å². The fraction of sp³-hybridized carbons (Fsp3) is 1.00. The van der Waals surface area contributed by atoms with Gasteiger partial charge in [-0.15, -0.1) is 0 Å². The Morgan fingerprint density at radius 1 is 1.42 bits per heavy atom. The van der Waals surface area contributed by atoms with Crippen molar-refractivity contribution in [2.45, 2.75) is 31.4 Å². The van der Waals surface area contributed by atoms with E-state index < -0.39 is 0 Å². The first kappa shape index (κ1) is 8.48. The van der Waals surface area contributed by atoms with E-state index in [1.807, 2.05) is 0 Å². The lowest BCUT2D eigenvalue weighted by Gasteiger charge is -2.30. The van der Waals surface area contributed by atoms with E-state index in [1.54, 1.807) is 0 Å². The maximum atomic E-state index is 5.57. The van der Waals surface area contributed by atoms with Crippen molar-refractivity contribution < 1.29 is 4.74 Å². The van der Waals surface area contributed by atoms with E-state index >= 15 is 0 Å². The van der Waals surface area contributed by atoms with Gasteiger partial charge < -0.3 is 15.4 Å². The van der Waals surface area contributed by atoms with Gasteiger partial charge in [0, 0.05) is 25.7 Å². The molecule has 1 atom stereocenters. The number of rotatable bonds is 3. The Kier molecular flexibility index (Phi) is 2.98. The highest BCUT2D eigenvalue weighted by Gasteiger charge is 2.19. The Bertz CT molecular complexity index is 130. The van der Waals surface area contributed by atoms with Crippen LogP contribution in [0, 0.1) is 0 Å². The summed E-state index contributed by atoms with van der Waals surface area (Å²) in [4.78, 5) is 0. The highest BCUT2D eigenvalue weighted by atomic mass is 16.5. The summed E-state index contributed by atoms with van der Waals surface area (Å²) in [7, 11) is 0. The number of ether oxygens (including phenoxy) is 1. The molecule has 1 heterocycles. The molecule has 0 bridgehead atoms. The molecule has 0 aromatic heterocycles. The van der Waals surface area contributed by atoms with Gasteiger partial charge in [-0.2, -0.15) is 0 Å². The molecule has 0 aromatic rings. The maximum absolute atomic E-state index is 5.57. The normalized spacial score (nSPS) is 31.5. The molecular formula is C9H18N2O. The van der Waals surface area contributed by atoms with Gasteiger partial charge in [0.25, 0.3) is 0 Å². The summed E-state index contributed by atoms with van der Waals surface area (Å²) in [5, 5.41) is 6.85. The van der Waals surface area contributed by atoms with Gasteiger partial charge >= 0.3 is 0 Å². The van der Waals surface area contributed by atoms with E-state index in [0.29, 0.717) is 6.10 Å². The molecule has 1 aliphatic carbocycles. The van der Waals surface area contributed by atoms with Crippen molar-refractivity contribution >= 4 is 0 Å². The molecule has 3 nitrogen and oxygen atoms in total. The van der Waals surface area contributed by atoms with Crippen LogP contribution in [0.1, 0.15) is 19.3 Å². The van der Waals surface area contributed by atoms with Crippen molar-refractivity contribution in [3.05, 3.63) is 0 Å².